The van der Waals surface area contributed by atoms with Crippen LogP contribution in [-0.2, 0) is 16.1 Å². The van der Waals surface area contributed by atoms with Gasteiger partial charge in [-0.25, -0.2) is 0 Å². The van der Waals surface area contributed by atoms with E-state index >= 15 is 0 Å². The Bertz CT molecular complexity index is 965. The fourth-order valence-electron chi connectivity index (χ4n) is 3.93. The van der Waals surface area contributed by atoms with Crippen molar-refractivity contribution >= 4 is 11.8 Å². The average molecular weight is 430 g/mol. The fraction of sp³-hybridized carbons (Fsp3) is 0.259. The van der Waals surface area contributed by atoms with Crippen molar-refractivity contribution in [2.45, 2.75) is 38.3 Å². The molecule has 3 aromatic rings. The third-order valence-corrected chi connectivity index (χ3v) is 5.66. The molecule has 0 aromatic heterocycles. The van der Waals surface area contributed by atoms with Crippen molar-refractivity contribution < 1.29 is 9.59 Å². The summed E-state index contributed by atoms with van der Waals surface area (Å²) in [6.07, 6.45) is 1.03. The zero-order chi connectivity index (χ0) is 22.9. The van der Waals surface area contributed by atoms with Gasteiger partial charge in [0.15, 0.2) is 0 Å². The van der Waals surface area contributed by atoms with E-state index in [2.05, 4.69) is 0 Å². The van der Waals surface area contributed by atoms with Crippen LogP contribution in [0.4, 0.5) is 0 Å². The maximum absolute atomic E-state index is 14.1. The van der Waals surface area contributed by atoms with Crippen LogP contribution in [0.25, 0.3) is 0 Å². The Morgan fingerprint density at radius 1 is 0.844 bits per heavy atom. The van der Waals surface area contributed by atoms with Crippen molar-refractivity contribution in [3.05, 3.63) is 107 Å². The number of nitrogens with two attached hydrogens (primary N) is 2. The SMILES string of the molecule is Cc1ccc(CN(C(=O)C(c2ccccc2)c2ccccc2)[C@H](CCCN)C(N)=O)cc1. The molecular formula is C27H31N3O2. The van der Waals surface area contributed by atoms with Crippen LogP contribution in [0.1, 0.15) is 41.0 Å². The molecule has 5 nitrogen and oxygen atoms in total. The number of amides is 2. The van der Waals surface area contributed by atoms with Gasteiger partial charge in [0.05, 0.1) is 5.92 Å². The van der Waals surface area contributed by atoms with Crippen molar-refractivity contribution in [1.82, 2.24) is 4.90 Å². The molecule has 0 fully saturated rings. The number of nitrogens with zero attached hydrogens (tertiary/aromatic N) is 1. The molecule has 0 bridgehead atoms. The standard InChI is InChI=1S/C27H31N3O2/c1-20-14-16-21(17-15-20)19-30(24(26(29)31)13-8-18-28)27(32)25(22-9-4-2-5-10-22)23-11-6-3-7-12-23/h2-7,9-12,14-17,24-25H,8,13,18-19,28H2,1H3,(H2,29,31)/t24-/m1/s1. The van der Waals surface area contributed by atoms with Crippen LogP contribution in [0, 0.1) is 6.92 Å². The first kappa shape index (κ1) is 23.2. The summed E-state index contributed by atoms with van der Waals surface area (Å²) < 4.78 is 0. The molecule has 0 saturated heterocycles. The molecular weight excluding hydrogens is 398 g/mol. The number of rotatable bonds is 10. The van der Waals surface area contributed by atoms with Gasteiger partial charge in [-0.2, -0.15) is 0 Å². The number of hydrogen-bond acceptors (Lipinski definition) is 3. The molecule has 0 aliphatic carbocycles. The van der Waals surface area contributed by atoms with Gasteiger partial charge in [0, 0.05) is 6.54 Å². The summed E-state index contributed by atoms with van der Waals surface area (Å²) in [6, 6.07) is 26.5. The highest BCUT2D eigenvalue weighted by Gasteiger charge is 2.34. The molecule has 0 heterocycles. The molecule has 0 saturated carbocycles. The smallest absolute Gasteiger partial charge is 0.240 e. The molecule has 0 spiro atoms. The molecule has 5 heteroatoms. The topological polar surface area (TPSA) is 89.4 Å². The quantitative estimate of drug-likeness (QED) is 0.514. The van der Waals surface area contributed by atoms with E-state index in [1.165, 1.54) is 0 Å². The summed E-state index contributed by atoms with van der Waals surface area (Å²) >= 11 is 0. The molecule has 0 unspecified atom stereocenters. The van der Waals surface area contributed by atoms with Gasteiger partial charge < -0.3 is 16.4 Å². The van der Waals surface area contributed by atoms with Gasteiger partial charge in [0.2, 0.25) is 11.8 Å². The molecule has 4 N–H and O–H groups in total. The zero-order valence-electron chi connectivity index (χ0n) is 18.5. The van der Waals surface area contributed by atoms with Crippen molar-refractivity contribution in [3.8, 4) is 0 Å². The first-order valence-corrected chi connectivity index (χ1v) is 11.0. The second kappa shape index (κ2) is 11.3. The highest BCUT2D eigenvalue weighted by Crippen LogP contribution is 2.29. The van der Waals surface area contributed by atoms with Crippen LogP contribution >= 0.6 is 0 Å². The normalized spacial score (nSPS) is 11.8. The Morgan fingerprint density at radius 2 is 1.38 bits per heavy atom. The summed E-state index contributed by atoms with van der Waals surface area (Å²) in [5.74, 6) is -1.20. The Morgan fingerprint density at radius 3 is 1.84 bits per heavy atom. The Balaban J connectivity index is 2.05. The largest absolute Gasteiger partial charge is 0.368 e. The van der Waals surface area contributed by atoms with Gasteiger partial charge in [0.1, 0.15) is 6.04 Å². The summed E-state index contributed by atoms with van der Waals surface area (Å²) in [6.45, 7) is 2.74. The Hall–Kier alpha value is -3.44. The number of benzene rings is 3. The van der Waals surface area contributed by atoms with Gasteiger partial charge in [-0.15, -0.1) is 0 Å². The lowest BCUT2D eigenvalue weighted by molar-refractivity contribution is -0.141. The lowest BCUT2D eigenvalue weighted by Gasteiger charge is -2.33. The van der Waals surface area contributed by atoms with Crippen molar-refractivity contribution in [1.29, 1.82) is 0 Å². The number of carbonyl (C=O) groups excluding carboxylic acids is 2. The summed E-state index contributed by atoms with van der Waals surface area (Å²) in [5.41, 5.74) is 15.3. The molecule has 32 heavy (non-hydrogen) atoms. The van der Waals surface area contributed by atoms with Crippen LogP contribution in [0.5, 0.6) is 0 Å². The molecule has 0 radical (unpaired) electrons. The lowest BCUT2D eigenvalue weighted by atomic mass is 9.89. The third-order valence-electron chi connectivity index (χ3n) is 5.66. The predicted octanol–water partition coefficient (Wildman–Crippen LogP) is 3.75. The van der Waals surface area contributed by atoms with E-state index in [9.17, 15) is 9.59 Å². The second-order valence-corrected chi connectivity index (χ2v) is 8.06. The Labute approximate surface area is 190 Å². The van der Waals surface area contributed by atoms with Crippen LogP contribution in [0.2, 0.25) is 0 Å². The van der Waals surface area contributed by atoms with E-state index in [1.54, 1.807) is 4.90 Å². The van der Waals surface area contributed by atoms with Crippen molar-refractivity contribution in [3.63, 3.8) is 0 Å². The van der Waals surface area contributed by atoms with E-state index in [0.29, 0.717) is 25.9 Å². The van der Waals surface area contributed by atoms with Gasteiger partial charge in [-0.3, -0.25) is 9.59 Å². The molecule has 2 amide bonds. The van der Waals surface area contributed by atoms with Crippen LogP contribution < -0.4 is 11.5 Å². The van der Waals surface area contributed by atoms with Crippen LogP contribution in [0.15, 0.2) is 84.9 Å². The Kier molecular flexibility index (Phi) is 8.17. The molecule has 1 atom stereocenters. The van der Waals surface area contributed by atoms with Gasteiger partial charge in [-0.05, 0) is 43.0 Å². The van der Waals surface area contributed by atoms with Crippen LogP contribution in [-0.4, -0.2) is 29.3 Å². The minimum atomic E-state index is -0.734. The number of primary amides is 1. The molecule has 3 aromatic carbocycles. The van der Waals surface area contributed by atoms with Gasteiger partial charge >= 0.3 is 0 Å². The summed E-state index contributed by atoms with van der Waals surface area (Å²) in [7, 11) is 0. The van der Waals surface area contributed by atoms with Gasteiger partial charge in [0.25, 0.3) is 0 Å². The highest BCUT2D eigenvalue weighted by atomic mass is 16.2. The van der Waals surface area contributed by atoms with Crippen LogP contribution in [0.3, 0.4) is 0 Å². The number of hydrogen-bond donors (Lipinski definition) is 2. The first-order chi connectivity index (χ1) is 15.5. The van der Waals surface area contributed by atoms with E-state index in [4.69, 9.17) is 11.5 Å². The zero-order valence-corrected chi connectivity index (χ0v) is 18.5. The van der Waals surface area contributed by atoms with Crippen molar-refractivity contribution in [2.75, 3.05) is 6.54 Å². The van der Waals surface area contributed by atoms with E-state index in [0.717, 1.165) is 22.3 Å². The third kappa shape index (κ3) is 5.83. The summed E-state index contributed by atoms with van der Waals surface area (Å²) in [5, 5.41) is 0. The maximum Gasteiger partial charge on any atom is 0.240 e. The molecule has 0 aliphatic heterocycles. The monoisotopic (exact) mass is 429 g/mol. The van der Waals surface area contributed by atoms with E-state index in [-0.39, 0.29) is 5.91 Å². The molecule has 0 aliphatic rings. The highest BCUT2D eigenvalue weighted by molar-refractivity contribution is 5.92. The average Bonchev–Trinajstić information content (AvgIpc) is 2.81. The minimum Gasteiger partial charge on any atom is -0.368 e. The first-order valence-electron chi connectivity index (χ1n) is 11.0. The molecule has 3 rings (SSSR count). The van der Waals surface area contributed by atoms with E-state index in [1.807, 2.05) is 91.9 Å². The fourth-order valence-corrected chi connectivity index (χ4v) is 3.93. The van der Waals surface area contributed by atoms with E-state index < -0.39 is 17.9 Å². The number of carbonyl (C=O) groups is 2. The maximum atomic E-state index is 14.1. The summed E-state index contributed by atoms with van der Waals surface area (Å²) in [4.78, 5) is 28.2. The minimum absolute atomic E-state index is 0.149. The second-order valence-electron chi connectivity index (χ2n) is 8.06. The number of aryl methyl sites for hydroxylation is 1. The van der Waals surface area contributed by atoms with Gasteiger partial charge in [-0.1, -0.05) is 90.5 Å². The lowest BCUT2D eigenvalue weighted by Crippen LogP contribution is -2.49. The predicted molar refractivity (Wildman–Crippen MR) is 128 cm³/mol. The van der Waals surface area contributed by atoms with Crippen molar-refractivity contribution in [2.24, 2.45) is 11.5 Å². The molecule has 166 valence electrons.